The molecular formula is C26H32N4O6S2. The van der Waals surface area contributed by atoms with Gasteiger partial charge in [0.05, 0.1) is 27.2 Å². The van der Waals surface area contributed by atoms with E-state index < -0.39 is 16.1 Å². The first-order valence-corrected chi connectivity index (χ1v) is 14.2. The average molecular weight is 561 g/mol. The summed E-state index contributed by atoms with van der Waals surface area (Å²) in [6.45, 7) is 0.660. The second-order valence-corrected chi connectivity index (χ2v) is 11.4. The van der Waals surface area contributed by atoms with Gasteiger partial charge in [0, 0.05) is 37.6 Å². The fourth-order valence-electron chi connectivity index (χ4n) is 3.60. The Kier molecular flexibility index (Phi) is 10.2. The van der Waals surface area contributed by atoms with Gasteiger partial charge in [-0.25, -0.2) is 9.71 Å². The molecule has 0 aliphatic heterocycles. The second kappa shape index (κ2) is 13.4. The number of aromatic nitrogens is 1. The molecule has 0 spiro atoms. The van der Waals surface area contributed by atoms with E-state index in [2.05, 4.69) is 4.98 Å². The Morgan fingerprint density at radius 2 is 1.79 bits per heavy atom. The van der Waals surface area contributed by atoms with Gasteiger partial charge in [-0.05, 0) is 24.5 Å². The molecule has 0 aliphatic carbocycles. The third-order valence-electron chi connectivity index (χ3n) is 5.74. The van der Waals surface area contributed by atoms with Gasteiger partial charge in [0.1, 0.15) is 22.2 Å². The Balaban J connectivity index is 1.75. The van der Waals surface area contributed by atoms with Crippen molar-refractivity contribution >= 4 is 33.4 Å². The smallest absolute Gasteiger partial charge is 0.303 e. The number of rotatable bonds is 13. The number of methoxy groups -OCH3 is 2. The molecule has 0 unspecified atom stereocenters. The summed E-state index contributed by atoms with van der Waals surface area (Å²) in [4.78, 5) is 31.8. The van der Waals surface area contributed by atoms with Crippen LogP contribution in [0.4, 0.5) is 0 Å². The van der Waals surface area contributed by atoms with Crippen LogP contribution in [0.3, 0.4) is 0 Å². The van der Waals surface area contributed by atoms with Crippen LogP contribution in [0, 0.1) is 0 Å². The number of hydrogen-bond acceptors (Lipinski definition) is 8. The maximum Gasteiger partial charge on any atom is 0.303 e. The zero-order chi connectivity index (χ0) is 27.7. The second-order valence-electron chi connectivity index (χ2n) is 8.60. The molecule has 3 aromatic rings. The summed E-state index contributed by atoms with van der Waals surface area (Å²) >= 11 is 1.19. The molecule has 3 rings (SSSR count). The number of carbonyl (C=O) groups is 2. The van der Waals surface area contributed by atoms with Crippen molar-refractivity contribution in [2.45, 2.75) is 25.8 Å². The van der Waals surface area contributed by atoms with Gasteiger partial charge in [0.15, 0.2) is 0 Å². The minimum absolute atomic E-state index is 0.0241. The Morgan fingerprint density at radius 3 is 2.45 bits per heavy atom. The van der Waals surface area contributed by atoms with Crippen LogP contribution < -0.4 is 14.2 Å². The molecule has 38 heavy (non-hydrogen) atoms. The quantitative estimate of drug-likeness (QED) is 0.342. The summed E-state index contributed by atoms with van der Waals surface area (Å²) in [6, 6.07) is 15.3. The number of amides is 2. The standard InChI is InChI=1S/C26H32N4O6S2/c1-29(2)38(33,34)28-26(32)22-18-37-24(27-22)17-30(14-8-11-19-9-6-5-7-10-19)25(31)15-20-12-13-21(35-3)16-23(20)36-4/h5-7,9-10,12-13,16,18H,8,11,14-15,17H2,1-4H3,(H,28,32). The van der Waals surface area contributed by atoms with E-state index in [-0.39, 0.29) is 24.6 Å². The van der Waals surface area contributed by atoms with Crippen LogP contribution in [0.25, 0.3) is 0 Å². The molecule has 2 amide bonds. The lowest BCUT2D eigenvalue weighted by molar-refractivity contribution is -0.131. The Labute approximate surface area is 227 Å². The van der Waals surface area contributed by atoms with Crippen molar-refractivity contribution in [3.8, 4) is 11.5 Å². The summed E-state index contributed by atoms with van der Waals surface area (Å²) in [5.41, 5.74) is 1.87. The van der Waals surface area contributed by atoms with Gasteiger partial charge in [0.25, 0.3) is 5.91 Å². The van der Waals surface area contributed by atoms with Crippen molar-refractivity contribution in [2.24, 2.45) is 0 Å². The highest BCUT2D eigenvalue weighted by molar-refractivity contribution is 7.87. The van der Waals surface area contributed by atoms with Crippen LogP contribution in [-0.4, -0.2) is 69.3 Å². The molecule has 1 heterocycles. The molecule has 0 fully saturated rings. The minimum Gasteiger partial charge on any atom is -0.497 e. The van der Waals surface area contributed by atoms with Crippen LogP contribution in [0.15, 0.2) is 53.9 Å². The Morgan fingerprint density at radius 1 is 1.05 bits per heavy atom. The molecule has 0 atom stereocenters. The fourth-order valence-corrected chi connectivity index (χ4v) is 4.91. The monoisotopic (exact) mass is 560 g/mol. The normalized spacial score (nSPS) is 11.3. The maximum atomic E-state index is 13.4. The molecule has 0 saturated carbocycles. The van der Waals surface area contributed by atoms with Crippen molar-refractivity contribution < 1.29 is 27.5 Å². The van der Waals surface area contributed by atoms with E-state index in [0.29, 0.717) is 23.1 Å². The van der Waals surface area contributed by atoms with E-state index in [9.17, 15) is 18.0 Å². The lowest BCUT2D eigenvalue weighted by atomic mass is 10.1. The van der Waals surface area contributed by atoms with E-state index in [4.69, 9.17) is 9.47 Å². The van der Waals surface area contributed by atoms with E-state index in [1.54, 1.807) is 37.3 Å². The van der Waals surface area contributed by atoms with E-state index in [0.717, 1.165) is 22.7 Å². The number of hydrogen-bond donors (Lipinski definition) is 1. The van der Waals surface area contributed by atoms with Gasteiger partial charge in [-0.15, -0.1) is 11.3 Å². The number of ether oxygens (including phenoxy) is 2. The summed E-state index contributed by atoms with van der Waals surface area (Å²) in [7, 11) is 1.79. The topological polar surface area (TPSA) is 118 Å². The number of nitrogens with zero attached hydrogens (tertiary/aromatic N) is 3. The van der Waals surface area contributed by atoms with Crippen molar-refractivity contribution in [2.75, 3.05) is 34.9 Å². The first kappa shape index (κ1) is 29.1. The van der Waals surface area contributed by atoms with Gasteiger partial charge < -0.3 is 14.4 Å². The zero-order valence-corrected chi connectivity index (χ0v) is 23.5. The van der Waals surface area contributed by atoms with Crippen LogP contribution in [0.5, 0.6) is 11.5 Å². The number of carbonyl (C=O) groups excluding carboxylic acids is 2. The van der Waals surface area contributed by atoms with Crippen molar-refractivity contribution in [1.82, 2.24) is 18.9 Å². The number of benzene rings is 2. The fraction of sp³-hybridized carbons (Fsp3) is 0.346. The minimum atomic E-state index is -3.94. The molecule has 10 nitrogen and oxygen atoms in total. The summed E-state index contributed by atoms with van der Waals surface area (Å²) < 4.78 is 37.5. The van der Waals surface area contributed by atoms with Crippen LogP contribution >= 0.6 is 11.3 Å². The maximum absolute atomic E-state index is 13.4. The van der Waals surface area contributed by atoms with Crippen molar-refractivity contribution in [1.29, 1.82) is 0 Å². The predicted octanol–water partition coefficient (Wildman–Crippen LogP) is 2.90. The van der Waals surface area contributed by atoms with Crippen LogP contribution in [-0.2, 0) is 34.4 Å². The highest BCUT2D eigenvalue weighted by Crippen LogP contribution is 2.26. The summed E-state index contributed by atoms with van der Waals surface area (Å²) in [5.74, 6) is 0.226. The van der Waals surface area contributed by atoms with E-state index >= 15 is 0 Å². The van der Waals surface area contributed by atoms with E-state index in [1.165, 1.54) is 36.4 Å². The Hall–Kier alpha value is -3.48. The molecule has 2 aromatic carbocycles. The van der Waals surface area contributed by atoms with Crippen molar-refractivity contribution in [3.63, 3.8) is 0 Å². The van der Waals surface area contributed by atoms with Gasteiger partial charge >= 0.3 is 10.2 Å². The first-order chi connectivity index (χ1) is 18.1. The molecule has 1 N–H and O–H groups in total. The first-order valence-electron chi connectivity index (χ1n) is 11.8. The van der Waals surface area contributed by atoms with Gasteiger partial charge in [-0.1, -0.05) is 36.4 Å². The summed E-state index contributed by atoms with van der Waals surface area (Å²) in [6.07, 6.45) is 1.64. The molecule has 1 aromatic heterocycles. The number of thiazole rings is 1. The third-order valence-corrected chi connectivity index (χ3v) is 7.98. The van der Waals surface area contributed by atoms with Gasteiger partial charge in [0.2, 0.25) is 5.91 Å². The largest absolute Gasteiger partial charge is 0.497 e. The SMILES string of the molecule is COc1ccc(CC(=O)N(CCCc2ccccc2)Cc2nc(C(=O)NS(=O)(=O)N(C)C)cs2)c(OC)c1. The third kappa shape index (κ3) is 8.01. The van der Waals surface area contributed by atoms with Crippen LogP contribution in [0.2, 0.25) is 0 Å². The molecule has 0 bridgehead atoms. The zero-order valence-electron chi connectivity index (χ0n) is 21.8. The van der Waals surface area contributed by atoms with Crippen molar-refractivity contribution in [3.05, 3.63) is 75.7 Å². The lowest BCUT2D eigenvalue weighted by Crippen LogP contribution is -2.39. The molecule has 0 saturated heterocycles. The predicted molar refractivity (Wildman–Crippen MR) is 146 cm³/mol. The molecule has 12 heteroatoms. The molecule has 204 valence electrons. The van der Waals surface area contributed by atoms with E-state index in [1.807, 2.05) is 35.1 Å². The Bertz CT molecular complexity index is 1340. The van der Waals surface area contributed by atoms with Gasteiger partial charge in [-0.3, -0.25) is 9.59 Å². The van der Waals surface area contributed by atoms with Crippen LogP contribution in [0.1, 0.15) is 33.0 Å². The molecular weight excluding hydrogens is 528 g/mol. The molecule has 0 radical (unpaired) electrons. The summed E-state index contributed by atoms with van der Waals surface area (Å²) in [5, 5.41) is 2.00. The highest BCUT2D eigenvalue weighted by atomic mass is 32.2. The highest BCUT2D eigenvalue weighted by Gasteiger charge is 2.22. The molecule has 0 aliphatic rings. The lowest BCUT2D eigenvalue weighted by Gasteiger charge is -2.22. The average Bonchev–Trinajstić information content (AvgIpc) is 3.37. The number of aryl methyl sites for hydroxylation is 1. The number of nitrogens with one attached hydrogen (secondary N) is 1. The van der Waals surface area contributed by atoms with Gasteiger partial charge in [-0.2, -0.15) is 12.7 Å².